The molecule has 116 valence electrons. The van der Waals surface area contributed by atoms with Gasteiger partial charge in [0, 0.05) is 18.4 Å². The Balaban J connectivity index is 2.27. The molecule has 0 spiro atoms. The van der Waals surface area contributed by atoms with Crippen LogP contribution in [0.25, 0.3) is 0 Å². The van der Waals surface area contributed by atoms with Crippen LogP contribution in [0.2, 0.25) is 0 Å². The molecule has 0 saturated carbocycles. The molecule has 0 radical (unpaired) electrons. The summed E-state index contributed by atoms with van der Waals surface area (Å²) in [5, 5.41) is 0. The minimum Gasteiger partial charge on any atom is -0.444 e. The second-order valence-electron chi connectivity index (χ2n) is 6.73. The SMILES string of the molecule is C[C@@H]1CCC[C@H](c2cncc(N)c2)N1C(=O)OC(C)(C)C. The largest absolute Gasteiger partial charge is 0.444 e. The molecule has 0 aliphatic carbocycles. The first-order valence-corrected chi connectivity index (χ1v) is 7.49. The molecule has 1 aliphatic heterocycles. The predicted molar refractivity (Wildman–Crippen MR) is 82.8 cm³/mol. The van der Waals surface area contributed by atoms with Crippen LogP contribution >= 0.6 is 0 Å². The van der Waals surface area contributed by atoms with Gasteiger partial charge in [-0.25, -0.2) is 4.79 Å². The van der Waals surface area contributed by atoms with Crippen molar-refractivity contribution < 1.29 is 9.53 Å². The van der Waals surface area contributed by atoms with E-state index < -0.39 is 5.60 Å². The lowest BCUT2D eigenvalue weighted by molar-refractivity contribution is -0.00328. The Kier molecular flexibility index (Phi) is 4.40. The molecule has 1 aromatic rings. The highest BCUT2D eigenvalue weighted by atomic mass is 16.6. The van der Waals surface area contributed by atoms with Gasteiger partial charge in [-0.3, -0.25) is 9.88 Å². The van der Waals surface area contributed by atoms with E-state index in [4.69, 9.17) is 10.5 Å². The van der Waals surface area contributed by atoms with E-state index in [0.29, 0.717) is 5.69 Å². The van der Waals surface area contributed by atoms with Crippen molar-refractivity contribution in [1.82, 2.24) is 9.88 Å². The first kappa shape index (κ1) is 15.6. The zero-order chi connectivity index (χ0) is 15.6. The van der Waals surface area contributed by atoms with Crippen LogP contribution < -0.4 is 5.73 Å². The van der Waals surface area contributed by atoms with Crippen molar-refractivity contribution in [3.8, 4) is 0 Å². The number of hydrogen-bond donors (Lipinski definition) is 1. The van der Waals surface area contributed by atoms with Gasteiger partial charge in [0.1, 0.15) is 5.60 Å². The van der Waals surface area contributed by atoms with Gasteiger partial charge in [0.2, 0.25) is 0 Å². The van der Waals surface area contributed by atoms with Crippen molar-refractivity contribution >= 4 is 11.8 Å². The maximum Gasteiger partial charge on any atom is 0.411 e. The third-order valence-electron chi connectivity index (χ3n) is 3.68. The quantitative estimate of drug-likeness (QED) is 0.859. The minimum absolute atomic E-state index is 0.0143. The van der Waals surface area contributed by atoms with E-state index in [0.717, 1.165) is 24.8 Å². The smallest absolute Gasteiger partial charge is 0.411 e. The number of nitrogens with two attached hydrogens (primary N) is 1. The number of carbonyl (C=O) groups is 1. The molecule has 1 aliphatic rings. The van der Waals surface area contributed by atoms with Gasteiger partial charge in [-0.2, -0.15) is 0 Å². The van der Waals surface area contributed by atoms with E-state index in [1.165, 1.54) is 0 Å². The summed E-state index contributed by atoms with van der Waals surface area (Å²) in [4.78, 5) is 18.5. The second-order valence-corrected chi connectivity index (χ2v) is 6.73. The predicted octanol–water partition coefficient (Wildman–Crippen LogP) is 3.51. The average Bonchev–Trinajstić information content (AvgIpc) is 2.36. The number of rotatable bonds is 1. The van der Waals surface area contributed by atoms with Gasteiger partial charge < -0.3 is 10.5 Å². The van der Waals surface area contributed by atoms with Crippen LogP contribution in [0.4, 0.5) is 10.5 Å². The maximum absolute atomic E-state index is 12.5. The highest BCUT2D eigenvalue weighted by molar-refractivity contribution is 5.69. The molecule has 5 heteroatoms. The molecule has 5 nitrogen and oxygen atoms in total. The van der Waals surface area contributed by atoms with Crippen molar-refractivity contribution in [2.75, 3.05) is 5.73 Å². The Hall–Kier alpha value is -1.78. The molecule has 0 bridgehead atoms. The highest BCUT2D eigenvalue weighted by Gasteiger charge is 2.35. The molecule has 21 heavy (non-hydrogen) atoms. The Morgan fingerprint density at radius 2 is 2.10 bits per heavy atom. The Bertz CT molecular complexity index is 510. The number of hydrogen-bond acceptors (Lipinski definition) is 4. The lowest BCUT2D eigenvalue weighted by atomic mass is 9.92. The van der Waals surface area contributed by atoms with Crippen molar-refractivity contribution in [2.24, 2.45) is 0 Å². The topological polar surface area (TPSA) is 68.5 Å². The Labute approximate surface area is 126 Å². The molecule has 2 N–H and O–H groups in total. The molecule has 1 aromatic heterocycles. The summed E-state index contributed by atoms with van der Waals surface area (Å²) in [6.45, 7) is 7.72. The van der Waals surface area contributed by atoms with Gasteiger partial charge in [0.05, 0.1) is 11.7 Å². The number of likely N-dealkylation sites (tertiary alicyclic amines) is 1. The van der Waals surface area contributed by atoms with E-state index in [2.05, 4.69) is 11.9 Å². The normalized spacial score (nSPS) is 23.0. The summed E-state index contributed by atoms with van der Waals surface area (Å²) in [5.41, 5.74) is 6.93. The van der Waals surface area contributed by atoms with Gasteiger partial charge >= 0.3 is 6.09 Å². The first-order valence-electron chi connectivity index (χ1n) is 7.49. The van der Waals surface area contributed by atoms with Gasteiger partial charge in [0.15, 0.2) is 0 Å². The standard InChI is InChI=1S/C16H25N3O2/c1-11-6-5-7-14(12-8-13(17)10-18-9-12)19(11)15(20)21-16(2,3)4/h8-11,14H,5-7,17H2,1-4H3/t11-,14-/m1/s1. The van der Waals surface area contributed by atoms with Crippen molar-refractivity contribution in [3.05, 3.63) is 24.0 Å². The van der Waals surface area contributed by atoms with Gasteiger partial charge in [0.25, 0.3) is 0 Å². The summed E-state index contributed by atoms with van der Waals surface area (Å²) in [6, 6.07) is 2.03. The van der Waals surface area contributed by atoms with E-state index in [-0.39, 0.29) is 18.2 Å². The number of nitrogens with zero attached hydrogens (tertiary/aromatic N) is 2. The van der Waals surface area contributed by atoms with Crippen LogP contribution in [-0.2, 0) is 4.74 Å². The highest BCUT2D eigenvalue weighted by Crippen LogP contribution is 2.35. The molecule has 1 saturated heterocycles. The number of ether oxygens (including phenoxy) is 1. The number of aromatic nitrogens is 1. The van der Waals surface area contributed by atoms with Crippen LogP contribution in [0, 0.1) is 0 Å². The summed E-state index contributed by atoms with van der Waals surface area (Å²) in [5.74, 6) is 0. The fraction of sp³-hybridized carbons (Fsp3) is 0.625. The van der Waals surface area contributed by atoms with Crippen LogP contribution in [0.1, 0.15) is 58.6 Å². The second kappa shape index (κ2) is 5.92. The van der Waals surface area contributed by atoms with E-state index in [1.807, 2.05) is 31.7 Å². The zero-order valence-corrected chi connectivity index (χ0v) is 13.3. The molecule has 0 unspecified atom stereocenters. The van der Waals surface area contributed by atoms with Crippen LogP contribution in [0.3, 0.4) is 0 Å². The minimum atomic E-state index is -0.493. The van der Waals surface area contributed by atoms with Crippen LogP contribution in [0.15, 0.2) is 18.5 Å². The molecular formula is C16H25N3O2. The number of piperidine rings is 1. The number of amides is 1. The summed E-state index contributed by atoms with van der Waals surface area (Å²) >= 11 is 0. The van der Waals surface area contributed by atoms with Gasteiger partial charge in [-0.05, 0) is 58.6 Å². The van der Waals surface area contributed by atoms with Gasteiger partial charge in [-0.15, -0.1) is 0 Å². The van der Waals surface area contributed by atoms with Crippen molar-refractivity contribution in [2.45, 2.75) is 64.6 Å². The molecule has 0 aromatic carbocycles. The van der Waals surface area contributed by atoms with E-state index >= 15 is 0 Å². The fourth-order valence-electron chi connectivity index (χ4n) is 2.80. The number of pyridine rings is 1. The van der Waals surface area contributed by atoms with Crippen molar-refractivity contribution in [1.29, 1.82) is 0 Å². The average molecular weight is 291 g/mol. The number of anilines is 1. The molecule has 2 heterocycles. The third kappa shape index (κ3) is 3.86. The van der Waals surface area contributed by atoms with Crippen molar-refractivity contribution in [3.63, 3.8) is 0 Å². The first-order chi connectivity index (χ1) is 9.78. The van der Waals surface area contributed by atoms with Gasteiger partial charge in [-0.1, -0.05) is 0 Å². The molecule has 1 fully saturated rings. The fourth-order valence-corrected chi connectivity index (χ4v) is 2.80. The van der Waals surface area contributed by atoms with E-state index in [9.17, 15) is 4.79 Å². The van der Waals surface area contributed by atoms with Crippen LogP contribution in [0.5, 0.6) is 0 Å². The molecule has 2 atom stereocenters. The molecule has 2 rings (SSSR count). The third-order valence-corrected chi connectivity index (χ3v) is 3.68. The Morgan fingerprint density at radius 1 is 1.38 bits per heavy atom. The van der Waals surface area contributed by atoms with E-state index in [1.54, 1.807) is 12.4 Å². The number of nitrogen functional groups attached to an aromatic ring is 1. The lowest BCUT2D eigenvalue weighted by Crippen LogP contribution is -2.46. The summed E-state index contributed by atoms with van der Waals surface area (Å²) in [7, 11) is 0. The summed E-state index contributed by atoms with van der Waals surface area (Å²) in [6.07, 6.45) is 6.13. The monoisotopic (exact) mass is 291 g/mol. The zero-order valence-electron chi connectivity index (χ0n) is 13.3. The maximum atomic E-state index is 12.5. The number of carbonyl (C=O) groups excluding carboxylic acids is 1. The van der Waals surface area contributed by atoms with Crippen LogP contribution in [-0.4, -0.2) is 27.6 Å². The molecule has 1 amide bonds. The summed E-state index contributed by atoms with van der Waals surface area (Å²) < 4.78 is 5.56. The molecular weight excluding hydrogens is 266 g/mol. The Morgan fingerprint density at radius 3 is 2.71 bits per heavy atom. The lowest BCUT2D eigenvalue weighted by Gasteiger charge is -2.41.